The van der Waals surface area contributed by atoms with Gasteiger partial charge in [-0.15, -0.1) is 15.3 Å². The van der Waals surface area contributed by atoms with Gasteiger partial charge in [0.1, 0.15) is 11.4 Å². The quantitative estimate of drug-likeness (QED) is 0.435. The predicted molar refractivity (Wildman–Crippen MR) is 104 cm³/mol. The third-order valence-electron chi connectivity index (χ3n) is 3.93. The van der Waals surface area contributed by atoms with Crippen LogP contribution in [-0.4, -0.2) is 37.0 Å². The highest BCUT2D eigenvalue weighted by molar-refractivity contribution is 7.99. The zero-order chi connectivity index (χ0) is 19.3. The van der Waals surface area contributed by atoms with E-state index in [2.05, 4.69) is 25.7 Å². The Labute approximate surface area is 165 Å². The Balaban J connectivity index is 1.57. The molecular formula is C19H18N6O2S. The van der Waals surface area contributed by atoms with Gasteiger partial charge in [-0.25, -0.2) is 0 Å². The second-order valence-corrected chi connectivity index (χ2v) is 7.15. The molecule has 9 heteroatoms. The van der Waals surface area contributed by atoms with Crippen molar-refractivity contribution < 1.29 is 9.15 Å². The summed E-state index contributed by atoms with van der Waals surface area (Å²) in [5.74, 6) is 1.72. The van der Waals surface area contributed by atoms with Crippen molar-refractivity contribution in [2.45, 2.75) is 24.3 Å². The number of rotatable bonds is 7. The van der Waals surface area contributed by atoms with Gasteiger partial charge >= 0.3 is 0 Å². The lowest BCUT2D eigenvalue weighted by molar-refractivity contribution is 0.337. The molecule has 2 aromatic heterocycles. The number of aromatic nitrogens is 6. The van der Waals surface area contributed by atoms with Gasteiger partial charge in [0.05, 0.1) is 11.9 Å². The second kappa shape index (κ2) is 8.22. The summed E-state index contributed by atoms with van der Waals surface area (Å²) >= 11 is 1.44. The van der Waals surface area contributed by atoms with Crippen LogP contribution >= 0.6 is 11.8 Å². The van der Waals surface area contributed by atoms with E-state index in [9.17, 15) is 0 Å². The summed E-state index contributed by atoms with van der Waals surface area (Å²) in [7, 11) is 0. The van der Waals surface area contributed by atoms with Crippen LogP contribution in [0.15, 0.2) is 64.2 Å². The lowest BCUT2D eigenvalue weighted by Crippen LogP contribution is -2.04. The van der Waals surface area contributed by atoms with Crippen molar-refractivity contribution in [3.8, 4) is 22.9 Å². The summed E-state index contributed by atoms with van der Waals surface area (Å²) in [6, 6.07) is 17.3. The molecule has 0 aliphatic carbocycles. The van der Waals surface area contributed by atoms with Gasteiger partial charge < -0.3 is 9.15 Å². The zero-order valence-electron chi connectivity index (χ0n) is 15.4. The molecule has 0 aliphatic heterocycles. The van der Waals surface area contributed by atoms with E-state index in [1.807, 2.05) is 68.4 Å². The van der Waals surface area contributed by atoms with E-state index in [1.165, 1.54) is 11.8 Å². The molecule has 0 bridgehead atoms. The van der Waals surface area contributed by atoms with Gasteiger partial charge in [0, 0.05) is 5.56 Å². The van der Waals surface area contributed by atoms with Gasteiger partial charge in [-0.1, -0.05) is 42.1 Å². The predicted octanol–water partition coefficient (Wildman–Crippen LogP) is 3.96. The minimum absolute atomic E-state index is 0.131. The molecule has 1 atom stereocenters. The van der Waals surface area contributed by atoms with E-state index in [-0.39, 0.29) is 5.25 Å². The standard InChI is InChI=1S/C19H18N6O2S/c1-3-26-16-12-8-7-11-15(16)25-19(22-23-24-25)28-13(2)17-20-21-18(27-17)14-9-5-4-6-10-14/h4-13H,3H2,1-2H3. The Hall–Kier alpha value is -3.20. The van der Waals surface area contributed by atoms with Crippen LogP contribution in [-0.2, 0) is 0 Å². The van der Waals surface area contributed by atoms with Gasteiger partial charge in [0.2, 0.25) is 16.9 Å². The molecule has 0 amide bonds. The number of tetrazole rings is 1. The smallest absolute Gasteiger partial charge is 0.247 e. The molecule has 2 aromatic carbocycles. The monoisotopic (exact) mass is 394 g/mol. The topological polar surface area (TPSA) is 91.8 Å². The van der Waals surface area contributed by atoms with Gasteiger partial charge in [0.25, 0.3) is 0 Å². The molecule has 0 aliphatic rings. The maximum atomic E-state index is 5.84. The Morgan fingerprint density at radius 3 is 2.64 bits per heavy atom. The van der Waals surface area contributed by atoms with Gasteiger partial charge in [-0.3, -0.25) is 0 Å². The van der Waals surface area contributed by atoms with Crippen molar-refractivity contribution in [3.63, 3.8) is 0 Å². The number of hydrogen-bond donors (Lipinski definition) is 0. The molecule has 0 fully saturated rings. The highest BCUT2D eigenvalue weighted by atomic mass is 32.2. The third-order valence-corrected chi connectivity index (χ3v) is 4.95. The molecule has 0 spiro atoms. The molecule has 0 saturated carbocycles. The van der Waals surface area contributed by atoms with Crippen molar-refractivity contribution in [2.75, 3.05) is 6.61 Å². The van der Waals surface area contributed by atoms with E-state index < -0.39 is 0 Å². The Kier molecular flexibility index (Phi) is 5.34. The molecule has 4 rings (SSSR count). The number of thioether (sulfide) groups is 1. The fraction of sp³-hybridized carbons (Fsp3) is 0.211. The van der Waals surface area contributed by atoms with Crippen molar-refractivity contribution in [3.05, 3.63) is 60.5 Å². The van der Waals surface area contributed by atoms with Crippen molar-refractivity contribution in [1.82, 2.24) is 30.4 Å². The van der Waals surface area contributed by atoms with Crippen molar-refractivity contribution >= 4 is 11.8 Å². The van der Waals surface area contributed by atoms with E-state index in [1.54, 1.807) is 4.68 Å². The molecule has 4 aromatic rings. The molecule has 2 heterocycles. The summed E-state index contributed by atoms with van der Waals surface area (Å²) < 4.78 is 13.2. The average molecular weight is 394 g/mol. The second-order valence-electron chi connectivity index (χ2n) is 5.85. The van der Waals surface area contributed by atoms with Gasteiger partial charge in [-0.05, 0) is 48.5 Å². The Bertz CT molecular complexity index is 1050. The first-order valence-corrected chi connectivity index (χ1v) is 9.70. The summed E-state index contributed by atoms with van der Waals surface area (Å²) in [5, 5.41) is 20.9. The third kappa shape index (κ3) is 3.74. The highest BCUT2D eigenvalue weighted by Gasteiger charge is 2.21. The number of ether oxygens (including phenoxy) is 1. The van der Waals surface area contributed by atoms with Crippen LogP contribution in [0.1, 0.15) is 25.0 Å². The van der Waals surface area contributed by atoms with Gasteiger partial charge in [-0.2, -0.15) is 4.68 Å². The largest absolute Gasteiger partial charge is 0.492 e. The maximum absolute atomic E-state index is 5.84. The van der Waals surface area contributed by atoms with Crippen LogP contribution in [0.3, 0.4) is 0 Å². The fourth-order valence-electron chi connectivity index (χ4n) is 2.62. The molecule has 0 N–H and O–H groups in total. The average Bonchev–Trinajstić information content (AvgIpc) is 3.39. The number of benzene rings is 2. The Morgan fingerprint density at radius 1 is 1.04 bits per heavy atom. The summed E-state index contributed by atoms with van der Waals surface area (Å²) in [6.45, 7) is 4.47. The minimum atomic E-state index is -0.131. The lowest BCUT2D eigenvalue weighted by atomic mass is 10.2. The number of hydrogen-bond acceptors (Lipinski definition) is 8. The van der Waals surface area contributed by atoms with Crippen LogP contribution in [0.2, 0.25) is 0 Å². The van der Waals surface area contributed by atoms with Crippen molar-refractivity contribution in [2.24, 2.45) is 0 Å². The first kappa shape index (κ1) is 18.2. The summed E-state index contributed by atoms with van der Waals surface area (Å²) in [5.41, 5.74) is 1.66. The van der Waals surface area contributed by atoms with Crippen LogP contribution in [0.5, 0.6) is 5.75 Å². The molecule has 0 radical (unpaired) electrons. The van der Waals surface area contributed by atoms with Crippen LogP contribution in [0.4, 0.5) is 0 Å². The highest BCUT2D eigenvalue weighted by Crippen LogP contribution is 2.35. The Morgan fingerprint density at radius 2 is 1.82 bits per heavy atom. The van der Waals surface area contributed by atoms with Crippen LogP contribution in [0, 0.1) is 0 Å². The zero-order valence-corrected chi connectivity index (χ0v) is 16.2. The SMILES string of the molecule is CCOc1ccccc1-n1nnnc1SC(C)c1nnc(-c2ccccc2)o1. The molecular weight excluding hydrogens is 376 g/mol. The first-order chi connectivity index (χ1) is 13.8. The van der Waals surface area contributed by atoms with Crippen molar-refractivity contribution in [1.29, 1.82) is 0 Å². The molecule has 1 unspecified atom stereocenters. The van der Waals surface area contributed by atoms with Gasteiger partial charge in [0.15, 0.2) is 0 Å². The lowest BCUT2D eigenvalue weighted by Gasteiger charge is -2.11. The molecule has 28 heavy (non-hydrogen) atoms. The summed E-state index contributed by atoms with van der Waals surface area (Å²) in [4.78, 5) is 0. The number of para-hydroxylation sites is 2. The van der Waals surface area contributed by atoms with E-state index in [4.69, 9.17) is 9.15 Å². The molecule has 8 nitrogen and oxygen atoms in total. The minimum Gasteiger partial charge on any atom is -0.492 e. The molecule has 0 saturated heterocycles. The maximum Gasteiger partial charge on any atom is 0.247 e. The van der Waals surface area contributed by atoms with E-state index in [0.717, 1.165) is 17.0 Å². The van der Waals surface area contributed by atoms with Crippen LogP contribution < -0.4 is 4.74 Å². The van der Waals surface area contributed by atoms with Crippen LogP contribution in [0.25, 0.3) is 17.1 Å². The first-order valence-electron chi connectivity index (χ1n) is 8.82. The van der Waals surface area contributed by atoms with E-state index >= 15 is 0 Å². The number of nitrogens with zero attached hydrogens (tertiary/aromatic N) is 6. The van der Waals surface area contributed by atoms with E-state index in [0.29, 0.717) is 23.5 Å². The fourth-order valence-corrected chi connectivity index (χ4v) is 3.45. The molecule has 142 valence electrons. The summed E-state index contributed by atoms with van der Waals surface area (Å²) in [6.07, 6.45) is 0. The normalized spacial score (nSPS) is 12.1.